The molecule has 1 unspecified atom stereocenters. The Hall–Kier alpha value is -1.84. The van der Waals surface area contributed by atoms with E-state index in [2.05, 4.69) is 35.8 Å². The van der Waals surface area contributed by atoms with Crippen LogP contribution in [0.1, 0.15) is 43.2 Å². The van der Waals surface area contributed by atoms with E-state index in [9.17, 15) is 9.59 Å². The van der Waals surface area contributed by atoms with Crippen LogP contribution < -0.4 is 10.6 Å². The third-order valence-electron chi connectivity index (χ3n) is 4.81. The molecule has 1 aromatic rings. The molecule has 0 aromatic heterocycles. The van der Waals surface area contributed by atoms with Crippen molar-refractivity contribution in [2.24, 2.45) is 0 Å². The molecule has 1 aliphatic heterocycles. The highest BCUT2D eigenvalue weighted by Crippen LogP contribution is 2.44. The smallest absolute Gasteiger partial charge is 0.230 e. The first kappa shape index (κ1) is 14.1. The molecule has 2 amide bonds. The van der Waals surface area contributed by atoms with Crippen LogP contribution in [0.2, 0.25) is 0 Å². The number of hydrogen-bond donors (Lipinski definition) is 2. The Kier molecular flexibility index (Phi) is 3.70. The van der Waals surface area contributed by atoms with Crippen molar-refractivity contribution in [1.82, 2.24) is 10.6 Å². The minimum atomic E-state index is -0.354. The molecule has 0 bridgehead atoms. The van der Waals surface area contributed by atoms with E-state index in [-0.39, 0.29) is 23.3 Å². The van der Waals surface area contributed by atoms with E-state index < -0.39 is 0 Å². The Morgan fingerprint density at radius 1 is 1.38 bits per heavy atom. The van der Waals surface area contributed by atoms with Gasteiger partial charge in [-0.3, -0.25) is 9.59 Å². The highest BCUT2D eigenvalue weighted by molar-refractivity contribution is 5.89. The second kappa shape index (κ2) is 5.51. The van der Waals surface area contributed by atoms with E-state index in [4.69, 9.17) is 0 Å². The van der Waals surface area contributed by atoms with E-state index in [1.807, 2.05) is 6.07 Å². The van der Waals surface area contributed by atoms with Crippen molar-refractivity contribution in [1.29, 1.82) is 0 Å². The molecule has 2 fully saturated rings. The fraction of sp³-hybridized carbons (Fsp3) is 0.529. The van der Waals surface area contributed by atoms with Crippen LogP contribution in [-0.2, 0) is 15.0 Å². The first-order chi connectivity index (χ1) is 10.1. The molecule has 0 radical (unpaired) electrons. The SMILES string of the molecule is Cc1cccc(C2(C(=O)NC3CCC(=O)NC3)CCC2)c1. The van der Waals surface area contributed by atoms with E-state index in [1.165, 1.54) is 5.56 Å². The summed E-state index contributed by atoms with van der Waals surface area (Å²) in [5.74, 6) is 0.207. The number of piperidine rings is 1. The number of hydrogen-bond acceptors (Lipinski definition) is 2. The van der Waals surface area contributed by atoms with Crippen LogP contribution in [0.5, 0.6) is 0 Å². The number of benzene rings is 1. The average Bonchev–Trinajstić information content (AvgIpc) is 2.40. The molecule has 3 rings (SSSR count). The molecule has 112 valence electrons. The zero-order valence-corrected chi connectivity index (χ0v) is 12.4. The van der Waals surface area contributed by atoms with Crippen molar-refractivity contribution in [3.05, 3.63) is 35.4 Å². The third-order valence-corrected chi connectivity index (χ3v) is 4.81. The van der Waals surface area contributed by atoms with Crippen molar-refractivity contribution >= 4 is 11.8 Å². The fourth-order valence-electron chi connectivity index (χ4n) is 3.30. The molecule has 1 saturated carbocycles. The van der Waals surface area contributed by atoms with Gasteiger partial charge in [-0.2, -0.15) is 0 Å². The maximum Gasteiger partial charge on any atom is 0.230 e. The summed E-state index contributed by atoms with van der Waals surface area (Å²) < 4.78 is 0. The summed E-state index contributed by atoms with van der Waals surface area (Å²) in [7, 11) is 0. The van der Waals surface area contributed by atoms with Crippen LogP contribution in [0, 0.1) is 6.92 Å². The largest absolute Gasteiger partial charge is 0.354 e. The maximum absolute atomic E-state index is 12.8. The summed E-state index contributed by atoms with van der Waals surface area (Å²) in [6.45, 7) is 2.61. The lowest BCUT2D eigenvalue weighted by Gasteiger charge is -2.42. The molecule has 4 nitrogen and oxygen atoms in total. The standard InChI is InChI=1S/C17H22N2O2/c1-12-4-2-5-13(10-12)17(8-3-9-17)16(21)19-14-6-7-15(20)18-11-14/h2,4-5,10,14H,3,6-9,11H2,1H3,(H,18,20)(H,19,21). The third kappa shape index (κ3) is 2.67. The summed E-state index contributed by atoms with van der Waals surface area (Å²) in [6, 6.07) is 8.34. The van der Waals surface area contributed by atoms with Gasteiger partial charge in [-0.25, -0.2) is 0 Å². The summed E-state index contributed by atoms with van der Waals surface area (Å²) >= 11 is 0. The summed E-state index contributed by atoms with van der Waals surface area (Å²) in [6.07, 6.45) is 4.18. The van der Waals surface area contributed by atoms with E-state index >= 15 is 0 Å². The number of carbonyl (C=O) groups excluding carboxylic acids is 2. The molecule has 1 heterocycles. The monoisotopic (exact) mass is 286 g/mol. The van der Waals surface area contributed by atoms with Crippen LogP contribution in [0.25, 0.3) is 0 Å². The molecule has 1 atom stereocenters. The Bertz CT molecular complexity index is 554. The minimum Gasteiger partial charge on any atom is -0.354 e. The topological polar surface area (TPSA) is 58.2 Å². The van der Waals surface area contributed by atoms with Crippen LogP contribution in [0.3, 0.4) is 0 Å². The number of carbonyl (C=O) groups is 2. The molecule has 1 saturated heterocycles. The van der Waals surface area contributed by atoms with Gasteiger partial charge in [0.25, 0.3) is 0 Å². The Balaban J connectivity index is 1.73. The average molecular weight is 286 g/mol. The first-order valence-electron chi connectivity index (χ1n) is 7.75. The lowest BCUT2D eigenvalue weighted by molar-refractivity contribution is -0.132. The molecular formula is C17H22N2O2. The van der Waals surface area contributed by atoms with Crippen LogP contribution in [0.15, 0.2) is 24.3 Å². The fourth-order valence-corrected chi connectivity index (χ4v) is 3.30. The van der Waals surface area contributed by atoms with Crippen molar-refractivity contribution in [2.45, 2.75) is 50.5 Å². The number of aryl methyl sites for hydroxylation is 1. The second-order valence-electron chi connectivity index (χ2n) is 6.32. The molecular weight excluding hydrogens is 264 g/mol. The van der Waals surface area contributed by atoms with Gasteiger partial charge >= 0.3 is 0 Å². The molecule has 21 heavy (non-hydrogen) atoms. The Morgan fingerprint density at radius 3 is 2.76 bits per heavy atom. The van der Waals surface area contributed by atoms with E-state index in [1.54, 1.807) is 0 Å². The van der Waals surface area contributed by atoms with Gasteiger partial charge in [0.15, 0.2) is 0 Å². The molecule has 2 N–H and O–H groups in total. The van der Waals surface area contributed by atoms with Gasteiger partial charge in [0.1, 0.15) is 0 Å². The quantitative estimate of drug-likeness (QED) is 0.890. The molecule has 2 aliphatic rings. The highest BCUT2D eigenvalue weighted by atomic mass is 16.2. The zero-order valence-electron chi connectivity index (χ0n) is 12.4. The maximum atomic E-state index is 12.8. The van der Waals surface area contributed by atoms with Gasteiger partial charge in [0.05, 0.1) is 5.41 Å². The Morgan fingerprint density at radius 2 is 2.19 bits per heavy atom. The highest BCUT2D eigenvalue weighted by Gasteiger charge is 2.46. The van der Waals surface area contributed by atoms with Gasteiger partial charge in [0, 0.05) is 19.0 Å². The number of rotatable bonds is 3. The molecule has 1 aromatic carbocycles. The van der Waals surface area contributed by atoms with Crippen molar-refractivity contribution in [3.8, 4) is 0 Å². The number of amides is 2. The van der Waals surface area contributed by atoms with Gasteiger partial charge in [-0.1, -0.05) is 36.2 Å². The number of nitrogens with one attached hydrogen (secondary N) is 2. The zero-order chi connectivity index (χ0) is 14.9. The van der Waals surface area contributed by atoms with Crippen LogP contribution in [0.4, 0.5) is 0 Å². The van der Waals surface area contributed by atoms with Gasteiger partial charge in [0.2, 0.25) is 11.8 Å². The van der Waals surface area contributed by atoms with Crippen LogP contribution >= 0.6 is 0 Å². The van der Waals surface area contributed by atoms with E-state index in [0.717, 1.165) is 31.2 Å². The van der Waals surface area contributed by atoms with Gasteiger partial charge in [-0.05, 0) is 31.7 Å². The summed E-state index contributed by atoms with van der Waals surface area (Å²) in [5.41, 5.74) is 1.97. The molecule has 4 heteroatoms. The van der Waals surface area contributed by atoms with Crippen molar-refractivity contribution < 1.29 is 9.59 Å². The van der Waals surface area contributed by atoms with Crippen molar-refractivity contribution in [3.63, 3.8) is 0 Å². The van der Waals surface area contributed by atoms with Crippen LogP contribution in [-0.4, -0.2) is 24.4 Å². The first-order valence-corrected chi connectivity index (χ1v) is 7.75. The lowest BCUT2D eigenvalue weighted by Crippen LogP contribution is -2.55. The summed E-state index contributed by atoms with van der Waals surface area (Å²) in [5, 5.41) is 5.97. The normalized spacial score (nSPS) is 23.9. The lowest BCUT2D eigenvalue weighted by atomic mass is 9.63. The predicted octanol–water partition coefficient (Wildman–Crippen LogP) is 1.81. The van der Waals surface area contributed by atoms with Gasteiger partial charge < -0.3 is 10.6 Å². The Labute approximate surface area is 125 Å². The second-order valence-corrected chi connectivity index (χ2v) is 6.32. The molecule has 0 spiro atoms. The molecule has 1 aliphatic carbocycles. The van der Waals surface area contributed by atoms with Gasteiger partial charge in [-0.15, -0.1) is 0 Å². The van der Waals surface area contributed by atoms with Crippen molar-refractivity contribution in [2.75, 3.05) is 6.54 Å². The summed E-state index contributed by atoms with van der Waals surface area (Å²) in [4.78, 5) is 24.0. The minimum absolute atomic E-state index is 0.0671. The predicted molar refractivity (Wildman–Crippen MR) is 80.9 cm³/mol. The van der Waals surface area contributed by atoms with E-state index in [0.29, 0.717) is 13.0 Å².